The Hall–Kier alpha value is -1.38. The van der Waals surface area contributed by atoms with Crippen molar-refractivity contribution in [2.45, 2.75) is 46.0 Å². The Labute approximate surface area is 116 Å². The fraction of sp³-hybridized carbons (Fsp3) is 0.625. The fourth-order valence-electron chi connectivity index (χ4n) is 3.06. The third-order valence-corrected chi connectivity index (χ3v) is 4.05. The predicted molar refractivity (Wildman–Crippen MR) is 78.8 cm³/mol. The number of aromatic nitrogens is 1. The number of nitrogens with zero attached hydrogens (tertiary/aromatic N) is 2. The standard InChI is InChI=1S/C16H24N2O/c1-3-5-14-6-4-8-18(9-7-14)16-13(2)10-15(12-19)11-17-16/h10-12,14H,3-9H2,1-2H3. The third kappa shape index (κ3) is 3.55. The summed E-state index contributed by atoms with van der Waals surface area (Å²) in [5.41, 5.74) is 1.78. The summed E-state index contributed by atoms with van der Waals surface area (Å²) in [5, 5.41) is 0. The largest absolute Gasteiger partial charge is 0.356 e. The van der Waals surface area contributed by atoms with Crippen LogP contribution in [-0.4, -0.2) is 24.4 Å². The molecular weight excluding hydrogens is 236 g/mol. The number of aryl methyl sites for hydroxylation is 1. The topological polar surface area (TPSA) is 33.2 Å². The van der Waals surface area contributed by atoms with E-state index in [9.17, 15) is 4.79 Å². The van der Waals surface area contributed by atoms with E-state index in [1.165, 1.54) is 32.1 Å². The van der Waals surface area contributed by atoms with Crippen molar-refractivity contribution in [1.29, 1.82) is 0 Å². The van der Waals surface area contributed by atoms with Crippen molar-refractivity contribution in [2.24, 2.45) is 5.92 Å². The van der Waals surface area contributed by atoms with Gasteiger partial charge in [-0.05, 0) is 43.7 Å². The molecule has 0 aromatic carbocycles. The van der Waals surface area contributed by atoms with Crippen LogP contribution < -0.4 is 4.90 Å². The van der Waals surface area contributed by atoms with Crippen molar-refractivity contribution in [2.75, 3.05) is 18.0 Å². The minimum Gasteiger partial charge on any atom is -0.356 e. The lowest BCUT2D eigenvalue weighted by atomic mass is 9.96. The van der Waals surface area contributed by atoms with E-state index in [2.05, 4.69) is 16.8 Å². The van der Waals surface area contributed by atoms with E-state index < -0.39 is 0 Å². The smallest absolute Gasteiger partial charge is 0.151 e. The molecular formula is C16H24N2O. The van der Waals surface area contributed by atoms with Gasteiger partial charge in [-0.3, -0.25) is 4.79 Å². The summed E-state index contributed by atoms with van der Waals surface area (Å²) in [6.07, 6.45) is 9.05. The molecule has 1 aliphatic rings. The first-order valence-electron chi connectivity index (χ1n) is 7.41. The van der Waals surface area contributed by atoms with Gasteiger partial charge in [-0.15, -0.1) is 0 Å². The number of aldehydes is 1. The average Bonchev–Trinajstić information content (AvgIpc) is 2.65. The Morgan fingerprint density at radius 3 is 2.95 bits per heavy atom. The SMILES string of the molecule is CCCC1CCCN(c2ncc(C=O)cc2C)CC1. The average molecular weight is 260 g/mol. The fourth-order valence-corrected chi connectivity index (χ4v) is 3.06. The van der Waals surface area contributed by atoms with Gasteiger partial charge in [0.15, 0.2) is 6.29 Å². The molecule has 0 amide bonds. The van der Waals surface area contributed by atoms with Crippen LogP contribution in [0.1, 0.15) is 54.9 Å². The normalized spacial score (nSPS) is 20.1. The first-order chi connectivity index (χ1) is 9.24. The van der Waals surface area contributed by atoms with Gasteiger partial charge in [0.05, 0.1) is 0 Å². The number of carbonyl (C=O) groups excluding carboxylic acids is 1. The molecule has 0 saturated carbocycles. The van der Waals surface area contributed by atoms with Gasteiger partial charge in [-0.2, -0.15) is 0 Å². The summed E-state index contributed by atoms with van der Waals surface area (Å²) in [7, 11) is 0. The van der Waals surface area contributed by atoms with Gasteiger partial charge in [0, 0.05) is 24.8 Å². The van der Waals surface area contributed by atoms with Crippen LogP contribution in [0.5, 0.6) is 0 Å². The van der Waals surface area contributed by atoms with Crippen molar-refractivity contribution in [3.05, 3.63) is 23.4 Å². The Morgan fingerprint density at radius 2 is 2.26 bits per heavy atom. The molecule has 0 radical (unpaired) electrons. The van der Waals surface area contributed by atoms with Gasteiger partial charge in [-0.1, -0.05) is 19.8 Å². The van der Waals surface area contributed by atoms with E-state index in [0.29, 0.717) is 5.56 Å². The van der Waals surface area contributed by atoms with E-state index >= 15 is 0 Å². The monoisotopic (exact) mass is 260 g/mol. The van der Waals surface area contributed by atoms with Crippen molar-refractivity contribution >= 4 is 12.1 Å². The summed E-state index contributed by atoms with van der Waals surface area (Å²) in [4.78, 5) is 17.6. The lowest BCUT2D eigenvalue weighted by molar-refractivity contribution is 0.112. The van der Waals surface area contributed by atoms with E-state index in [-0.39, 0.29) is 0 Å². The molecule has 1 atom stereocenters. The maximum atomic E-state index is 10.8. The summed E-state index contributed by atoms with van der Waals surface area (Å²) < 4.78 is 0. The molecule has 0 aliphatic carbocycles. The van der Waals surface area contributed by atoms with Gasteiger partial charge in [0.25, 0.3) is 0 Å². The molecule has 0 bridgehead atoms. The van der Waals surface area contributed by atoms with E-state index in [1.54, 1.807) is 6.20 Å². The van der Waals surface area contributed by atoms with Gasteiger partial charge in [0.2, 0.25) is 0 Å². The maximum absolute atomic E-state index is 10.8. The number of hydrogen-bond donors (Lipinski definition) is 0. The molecule has 104 valence electrons. The zero-order chi connectivity index (χ0) is 13.7. The number of rotatable bonds is 4. The summed E-state index contributed by atoms with van der Waals surface area (Å²) >= 11 is 0. The molecule has 3 heteroatoms. The molecule has 2 rings (SSSR count). The zero-order valence-corrected chi connectivity index (χ0v) is 12.1. The predicted octanol–water partition coefficient (Wildman–Crippen LogP) is 3.61. The molecule has 19 heavy (non-hydrogen) atoms. The number of pyridine rings is 1. The molecule has 1 aliphatic heterocycles. The molecule has 1 fully saturated rings. The van der Waals surface area contributed by atoms with Crippen molar-refractivity contribution in [3.8, 4) is 0 Å². The van der Waals surface area contributed by atoms with Crippen LogP contribution in [-0.2, 0) is 0 Å². The van der Waals surface area contributed by atoms with Crippen LogP contribution in [0.15, 0.2) is 12.3 Å². The second kappa shape index (κ2) is 6.69. The first-order valence-corrected chi connectivity index (χ1v) is 7.41. The lowest BCUT2D eigenvalue weighted by Gasteiger charge is -2.23. The number of hydrogen-bond acceptors (Lipinski definition) is 3. The molecule has 1 saturated heterocycles. The summed E-state index contributed by atoms with van der Waals surface area (Å²) in [6, 6.07) is 1.93. The van der Waals surface area contributed by atoms with Crippen LogP contribution in [0.4, 0.5) is 5.82 Å². The number of carbonyl (C=O) groups is 1. The minimum atomic E-state index is 0.667. The summed E-state index contributed by atoms with van der Waals surface area (Å²) in [6.45, 7) is 6.50. The molecule has 0 N–H and O–H groups in total. The van der Waals surface area contributed by atoms with Crippen molar-refractivity contribution < 1.29 is 4.79 Å². The third-order valence-electron chi connectivity index (χ3n) is 4.05. The Balaban J connectivity index is 2.07. The highest BCUT2D eigenvalue weighted by Crippen LogP contribution is 2.26. The van der Waals surface area contributed by atoms with Gasteiger partial charge in [0.1, 0.15) is 5.82 Å². The second-order valence-electron chi connectivity index (χ2n) is 5.60. The first kappa shape index (κ1) is 14.0. The Morgan fingerprint density at radius 1 is 1.42 bits per heavy atom. The molecule has 1 unspecified atom stereocenters. The summed E-state index contributed by atoms with van der Waals surface area (Å²) in [5.74, 6) is 1.94. The second-order valence-corrected chi connectivity index (χ2v) is 5.60. The van der Waals surface area contributed by atoms with Crippen LogP contribution in [0, 0.1) is 12.8 Å². The van der Waals surface area contributed by atoms with E-state index in [1.807, 2.05) is 13.0 Å². The van der Waals surface area contributed by atoms with Crippen LogP contribution >= 0.6 is 0 Å². The highest BCUT2D eigenvalue weighted by atomic mass is 16.1. The van der Waals surface area contributed by atoms with Gasteiger partial charge >= 0.3 is 0 Å². The molecule has 3 nitrogen and oxygen atoms in total. The number of anilines is 1. The highest BCUT2D eigenvalue weighted by Gasteiger charge is 2.18. The maximum Gasteiger partial charge on any atom is 0.151 e. The molecule has 0 spiro atoms. The molecule has 2 heterocycles. The van der Waals surface area contributed by atoms with E-state index in [0.717, 1.165) is 36.7 Å². The molecule has 1 aromatic heterocycles. The molecule has 1 aromatic rings. The Bertz CT molecular complexity index is 431. The quantitative estimate of drug-likeness (QED) is 0.775. The minimum absolute atomic E-state index is 0.667. The van der Waals surface area contributed by atoms with Gasteiger partial charge in [-0.25, -0.2) is 4.98 Å². The highest BCUT2D eigenvalue weighted by molar-refractivity contribution is 5.75. The zero-order valence-electron chi connectivity index (χ0n) is 12.1. The van der Waals surface area contributed by atoms with Crippen LogP contribution in [0.3, 0.4) is 0 Å². The van der Waals surface area contributed by atoms with Crippen LogP contribution in [0.25, 0.3) is 0 Å². The Kier molecular flexibility index (Phi) is 4.94. The van der Waals surface area contributed by atoms with E-state index in [4.69, 9.17) is 0 Å². The van der Waals surface area contributed by atoms with Crippen LogP contribution in [0.2, 0.25) is 0 Å². The van der Waals surface area contributed by atoms with Gasteiger partial charge < -0.3 is 4.90 Å². The lowest BCUT2D eigenvalue weighted by Crippen LogP contribution is -2.26. The van der Waals surface area contributed by atoms with Crippen molar-refractivity contribution in [1.82, 2.24) is 4.98 Å². The van der Waals surface area contributed by atoms with Crippen molar-refractivity contribution in [3.63, 3.8) is 0 Å².